The number of hydrogen-bond donors (Lipinski definition) is 1. The lowest BCUT2D eigenvalue weighted by Gasteiger charge is -2.07. The maximum Gasteiger partial charge on any atom is 0.349 e. The molecule has 0 radical (unpaired) electrons. The molecule has 1 heterocycles. The smallest absolute Gasteiger partial charge is 0.349 e. The van der Waals surface area contributed by atoms with Crippen LogP contribution in [0.5, 0.6) is 5.75 Å². The average Bonchev–Trinajstić information content (AvgIpc) is 2.71. The molecule has 0 aliphatic carbocycles. The Labute approximate surface area is 173 Å². The number of nitrogens with zero attached hydrogens (tertiary/aromatic N) is 1. The molecule has 2 aromatic carbocycles. The quantitative estimate of drug-likeness (QED) is 0.159. The molecule has 152 valence electrons. The second-order valence-electron chi connectivity index (χ2n) is 5.96. The van der Waals surface area contributed by atoms with Crippen LogP contribution >= 0.6 is 11.6 Å². The van der Waals surface area contributed by atoms with Gasteiger partial charge in [0.25, 0.3) is 11.6 Å². The number of carbonyl (C=O) groups excluding carboxylic acids is 2. The van der Waals surface area contributed by atoms with E-state index in [1.807, 2.05) is 0 Å². The Balaban J connectivity index is 1.86. The molecule has 1 N–H and O–H groups in total. The molecular formula is C20H13ClN2O7. The third kappa shape index (κ3) is 4.36. The van der Waals surface area contributed by atoms with Gasteiger partial charge in [-0.25, -0.2) is 9.59 Å². The van der Waals surface area contributed by atoms with Gasteiger partial charge in [0.2, 0.25) is 0 Å². The van der Waals surface area contributed by atoms with E-state index in [9.17, 15) is 24.5 Å². The molecule has 0 unspecified atom stereocenters. The summed E-state index contributed by atoms with van der Waals surface area (Å²) in [5.74, 6) is -1.40. The largest absolute Gasteiger partial charge is 0.423 e. The number of hydrogen-bond acceptors (Lipinski definition) is 7. The highest BCUT2D eigenvalue weighted by Gasteiger charge is 2.18. The summed E-state index contributed by atoms with van der Waals surface area (Å²) in [6.07, 6.45) is 1.47. The molecule has 0 bridgehead atoms. The summed E-state index contributed by atoms with van der Waals surface area (Å²) in [6.45, 7) is 3.67. The lowest BCUT2D eigenvalue weighted by Crippen LogP contribution is -2.28. The van der Waals surface area contributed by atoms with Crippen molar-refractivity contribution in [1.29, 1.82) is 0 Å². The van der Waals surface area contributed by atoms with Crippen LogP contribution in [0.25, 0.3) is 11.0 Å². The molecule has 0 fully saturated rings. The maximum atomic E-state index is 12.3. The predicted octanol–water partition coefficient (Wildman–Crippen LogP) is 3.49. The SMILES string of the molecule is C=CCNC(=O)c1cc2ccc(OC(=O)c3ccc([N+](=O)[O-])cc3Cl)cc2oc1=O. The highest BCUT2D eigenvalue weighted by molar-refractivity contribution is 6.33. The molecule has 0 saturated heterocycles. The van der Waals surface area contributed by atoms with Crippen molar-refractivity contribution in [3.8, 4) is 5.75 Å². The molecule has 3 rings (SSSR count). The number of fused-ring (bicyclic) bond motifs is 1. The maximum absolute atomic E-state index is 12.3. The van der Waals surface area contributed by atoms with E-state index in [0.29, 0.717) is 5.39 Å². The lowest BCUT2D eigenvalue weighted by molar-refractivity contribution is -0.384. The van der Waals surface area contributed by atoms with E-state index in [-0.39, 0.29) is 39.7 Å². The first-order valence-electron chi connectivity index (χ1n) is 8.43. The lowest BCUT2D eigenvalue weighted by atomic mass is 10.1. The van der Waals surface area contributed by atoms with E-state index in [1.54, 1.807) is 0 Å². The van der Waals surface area contributed by atoms with Gasteiger partial charge in [0, 0.05) is 30.1 Å². The van der Waals surface area contributed by atoms with Crippen LogP contribution in [0.4, 0.5) is 5.69 Å². The molecule has 10 heteroatoms. The Morgan fingerprint density at radius 1 is 1.20 bits per heavy atom. The molecule has 0 saturated carbocycles. The number of halogens is 1. The van der Waals surface area contributed by atoms with Gasteiger partial charge in [-0.05, 0) is 24.3 Å². The summed E-state index contributed by atoms with van der Waals surface area (Å²) in [7, 11) is 0. The van der Waals surface area contributed by atoms with Gasteiger partial charge in [-0.15, -0.1) is 6.58 Å². The number of benzene rings is 2. The van der Waals surface area contributed by atoms with Crippen molar-refractivity contribution in [3.05, 3.63) is 91.8 Å². The Hall–Kier alpha value is -3.98. The normalized spacial score (nSPS) is 10.4. The number of rotatable bonds is 6. The van der Waals surface area contributed by atoms with Crippen molar-refractivity contribution in [1.82, 2.24) is 5.32 Å². The molecular weight excluding hydrogens is 416 g/mol. The first-order valence-corrected chi connectivity index (χ1v) is 8.81. The number of ether oxygens (including phenoxy) is 1. The predicted molar refractivity (Wildman–Crippen MR) is 108 cm³/mol. The topological polar surface area (TPSA) is 129 Å². The fourth-order valence-electron chi connectivity index (χ4n) is 2.52. The van der Waals surface area contributed by atoms with E-state index >= 15 is 0 Å². The third-order valence-electron chi connectivity index (χ3n) is 3.95. The Kier molecular flexibility index (Phi) is 5.93. The van der Waals surface area contributed by atoms with Gasteiger partial charge >= 0.3 is 11.6 Å². The molecule has 3 aromatic rings. The summed E-state index contributed by atoms with van der Waals surface area (Å²) in [4.78, 5) is 46.5. The van der Waals surface area contributed by atoms with Gasteiger partial charge in [0.15, 0.2) is 0 Å². The molecule has 0 spiro atoms. The van der Waals surface area contributed by atoms with Crippen LogP contribution < -0.4 is 15.7 Å². The molecule has 30 heavy (non-hydrogen) atoms. The molecule has 1 amide bonds. The summed E-state index contributed by atoms with van der Waals surface area (Å²) >= 11 is 5.92. The van der Waals surface area contributed by atoms with E-state index in [2.05, 4.69) is 11.9 Å². The van der Waals surface area contributed by atoms with E-state index in [1.165, 1.54) is 36.4 Å². The first-order chi connectivity index (χ1) is 14.3. The van der Waals surface area contributed by atoms with E-state index in [4.69, 9.17) is 20.8 Å². The number of amides is 1. The van der Waals surface area contributed by atoms with Crippen LogP contribution in [0.2, 0.25) is 5.02 Å². The summed E-state index contributed by atoms with van der Waals surface area (Å²) < 4.78 is 10.4. The van der Waals surface area contributed by atoms with Crippen LogP contribution in [0, 0.1) is 10.1 Å². The molecule has 1 aromatic heterocycles. The van der Waals surface area contributed by atoms with Crippen LogP contribution in [0.3, 0.4) is 0 Å². The molecule has 0 aliphatic heterocycles. The minimum Gasteiger partial charge on any atom is -0.423 e. The fourth-order valence-corrected chi connectivity index (χ4v) is 2.77. The van der Waals surface area contributed by atoms with Crippen molar-refractivity contribution in [2.24, 2.45) is 0 Å². The second kappa shape index (κ2) is 8.58. The second-order valence-corrected chi connectivity index (χ2v) is 6.36. The summed E-state index contributed by atoms with van der Waals surface area (Å²) in [5, 5.41) is 13.5. The van der Waals surface area contributed by atoms with Gasteiger partial charge in [0.1, 0.15) is 16.9 Å². The van der Waals surface area contributed by atoms with Crippen LogP contribution in [0.1, 0.15) is 20.7 Å². The monoisotopic (exact) mass is 428 g/mol. The Bertz CT molecular complexity index is 1250. The minimum absolute atomic E-state index is 0.0499. The number of nitro groups is 1. The average molecular weight is 429 g/mol. The van der Waals surface area contributed by atoms with Crippen molar-refractivity contribution in [3.63, 3.8) is 0 Å². The van der Waals surface area contributed by atoms with Crippen molar-refractivity contribution >= 4 is 40.1 Å². The van der Waals surface area contributed by atoms with Crippen LogP contribution in [0.15, 0.2) is 64.3 Å². The van der Waals surface area contributed by atoms with Gasteiger partial charge in [-0.1, -0.05) is 17.7 Å². The highest BCUT2D eigenvalue weighted by atomic mass is 35.5. The zero-order chi connectivity index (χ0) is 21.8. The highest BCUT2D eigenvalue weighted by Crippen LogP contribution is 2.25. The first kappa shape index (κ1) is 20.7. The van der Waals surface area contributed by atoms with Crippen molar-refractivity contribution in [2.75, 3.05) is 6.54 Å². The van der Waals surface area contributed by atoms with Gasteiger partial charge in [-0.3, -0.25) is 14.9 Å². The Morgan fingerprint density at radius 2 is 1.97 bits per heavy atom. The standard InChI is InChI=1S/C20H13ClN2O7/c1-2-7-22-18(24)15-8-11-3-5-13(10-17(11)30-20(15)26)29-19(25)14-6-4-12(23(27)28)9-16(14)21/h2-6,8-10H,1,7H2,(H,22,24). The number of non-ortho nitro benzene ring substituents is 1. The van der Waals surface area contributed by atoms with Crippen LogP contribution in [-0.4, -0.2) is 23.3 Å². The molecule has 0 aliphatic rings. The number of nitrogens with one attached hydrogen (secondary N) is 1. The summed E-state index contributed by atoms with van der Waals surface area (Å²) in [6, 6.07) is 8.95. The fraction of sp³-hybridized carbons (Fsp3) is 0.0500. The van der Waals surface area contributed by atoms with Crippen molar-refractivity contribution < 1.29 is 23.7 Å². The zero-order valence-corrected chi connectivity index (χ0v) is 16.0. The molecule has 9 nitrogen and oxygen atoms in total. The number of carbonyl (C=O) groups is 2. The van der Waals surface area contributed by atoms with Crippen LogP contribution in [-0.2, 0) is 0 Å². The molecule has 0 atom stereocenters. The van der Waals surface area contributed by atoms with E-state index < -0.39 is 22.4 Å². The number of esters is 1. The minimum atomic E-state index is -0.856. The van der Waals surface area contributed by atoms with Crippen molar-refractivity contribution in [2.45, 2.75) is 0 Å². The summed E-state index contributed by atoms with van der Waals surface area (Å²) in [5.41, 5.74) is -1.27. The van der Waals surface area contributed by atoms with Gasteiger partial charge in [-0.2, -0.15) is 0 Å². The van der Waals surface area contributed by atoms with E-state index in [0.717, 1.165) is 12.1 Å². The number of nitro benzene ring substituents is 1. The zero-order valence-electron chi connectivity index (χ0n) is 15.2. The third-order valence-corrected chi connectivity index (χ3v) is 4.27. The van der Waals surface area contributed by atoms with Gasteiger partial charge < -0.3 is 14.5 Å². The van der Waals surface area contributed by atoms with Gasteiger partial charge in [0.05, 0.1) is 15.5 Å². The Morgan fingerprint density at radius 3 is 2.63 bits per heavy atom.